The van der Waals surface area contributed by atoms with E-state index in [-0.39, 0.29) is 35.6 Å². The highest BCUT2D eigenvalue weighted by molar-refractivity contribution is 7.89. The predicted octanol–water partition coefficient (Wildman–Crippen LogP) is 2.33. The normalized spacial score (nSPS) is 16.3. The molecule has 0 spiro atoms. The molecule has 1 aliphatic rings. The highest BCUT2D eigenvalue weighted by atomic mass is 32.2. The third-order valence-electron chi connectivity index (χ3n) is 4.74. The minimum Gasteiger partial charge on any atom is -0.456 e. The summed E-state index contributed by atoms with van der Waals surface area (Å²) in [5, 5.41) is 2.27. The summed E-state index contributed by atoms with van der Waals surface area (Å²) < 4.78 is 38.0. The highest BCUT2D eigenvalue weighted by Crippen LogP contribution is 2.21. The molecule has 3 rings (SSSR count). The monoisotopic (exact) mass is 467 g/mol. The van der Waals surface area contributed by atoms with Crippen LogP contribution < -0.4 is 9.62 Å². The molecule has 0 radical (unpaired) electrons. The summed E-state index contributed by atoms with van der Waals surface area (Å²) in [4.78, 5) is 29.8. The van der Waals surface area contributed by atoms with Gasteiger partial charge in [-0.2, -0.15) is 0 Å². The number of ether oxygens (including phenoxy) is 2. The minimum absolute atomic E-state index is 0.0478. The molecular formula is C20H25N3O6S2. The summed E-state index contributed by atoms with van der Waals surface area (Å²) in [6, 6.07) is 5.54. The van der Waals surface area contributed by atoms with Crippen LogP contribution in [0.2, 0.25) is 0 Å². The van der Waals surface area contributed by atoms with Crippen LogP contribution in [-0.2, 0) is 30.9 Å². The average Bonchev–Trinajstić information content (AvgIpc) is 3.43. The van der Waals surface area contributed by atoms with Crippen LogP contribution in [0.15, 0.2) is 34.5 Å². The molecule has 1 amide bonds. The van der Waals surface area contributed by atoms with Gasteiger partial charge in [0.15, 0.2) is 5.13 Å². The minimum atomic E-state index is -3.68. The molecule has 0 bridgehead atoms. The first-order valence-electron chi connectivity index (χ1n) is 9.91. The van der Waals surface area contributed by atoms with Gasteiger partial charge in [-0.3, -0.25) is 9.69 Å². The fourth-order valence-corrected chi connectivity index (χ4v) is 5.05. The molecule has 1 N–H and O–H groups in total. The lowest BCUT2D eigenvalue weighted by Gasteiger charge is -2.14. The number of sulfonamides is 1. The summed E-state index contributed by atoms with van der Waals surface area (Å²) in [7, 11) is -3.68. The maximum Gasteiger partial charge on any atom is 0.338 e. The number of hydrogen-bond acceptors (Lipinski definition) is 8. The largest absolute Gasteiger partial charge is 0.456 e. The quantitative estimate of drug-likeness (QED) is 0.563. The van der Waals surface area contributed by atoms with Crippen molar-refractivity contribution < 1.29 is 27.5 Å². The summed E-state index contributed by atoms with van der Waals surface area (Å²) in [6.07, 6.45) is 1.66. The molecule has 1 aromatic heterocycles. The molecule has 0 aliphatic carbocycles. The van der Waals surface area contributed by atoms with Gasteiger partial charge in [0.2, 0.25) is 15.9 Å². The number of rotatable bonds is 9. The van der Waals surface area contributed by atoms with Gasteiger partial charge >= 0.3 is 5.97 Å². The predicted molar refractivity (Wildman–Crippen MR) is 116 cm³/mol. The van der Waals surface area contributed by atoms with Crippen molar-refractivity contribution in [1.82, 2.24) is 9.71 Å². The molecule has 9 nitrogen and oxygen atoms in total. The van der Waals surface area contributed by atoms with Gasteiger partial charge in [-0.05, 0) is 44.0 Å². The molecule has 0 saturated carbocycles. The number of carbonyl (C=O) groups excluding carboxylic acids is 2. The van der Waals surface area contributed by atoms with Crippen LogP contribution in [0.5, 0.6) is 0 Å². The zero-order chi connectivity index (χ0) is 22.4. The first-order chi connectivity index (χ1) is 14.8. The summed E-state index contributed by atoms with van der Waals surface area (Å²) in [5.74, 6) is -0.703. The van der Waals surface area contributed by atoms with Crippen LogP contribution in [0.3, 0.4) is 0 Å². The zero-order valence-electron chi connectivity index (χ0n) is 17.4. The summed E-state index contributed by atoms with van der Waals surface area (Å²) >= 11 is 1.30. The summed E-state index contributed by atoms with van der Waals surface area (Å²) in [5.41, 5.74) is 0.762. The Kier molecular flexibility index (Phi) is 7.76. The zero-order valence-corrected chi connectivity index (χ0v) is 19.0. The fraction of sp³-hybridized carbons (Fsp3) is 0.450. The smallest absolute Gasteiger partial charge is 0.338 e. The summed E-state index contributed by atoms with van der Waals surface area (Å²) in [6.45, 7) is 4.64. The maximum absolute atomic E-state index is 12.4. The molecule has 1 fully saturated rings. The van der Waals surface area contributed by atoms with E-state index in [9.17, 15) is 18.0 Å². The third kappa shape index (κ3) is 6.10. The lowest BCUT2D eigenvalue weighted by atomic mass is 10.2. The van der Waals surface area contributed by atoms with Gasteiger partial charge in [0.1, 0.15) is 6.61 Å². The van der Waals surface area contributed by atoms with Crippen molar-refractivity contribution in [1.29, 1.82) is 0 Å². The van der Waals surface area contributed by atoms with Gasteiger partial charge in [0, 0.05) is 32.0 Å². The Morgan fingerprint density at radius 3 is 2.68 bits per heavy atom. The van der Waals surface area contributed by atoms with Crippen LogP contribution >= 0.6 is 11.3 Å². The molecule has 1 aliphatic heterocycles. The SMILES string of the molecule is CCN(C(C)=O)c1nc(COC(=O)c2ccc(S(=O)(=O)NCC3CCCO3)cc2)cs1. The molecule has 1 saturated heterocycles. The third-order valence-corrected chi connectivity index (χ3v) is 7.10. The molecule has 2 heterocycles. The van der Waals surface area contributed by atoms with Gasteiger partial charge in [-0.1, -0.05) is 0 Å². The number of anilines is 1. The van der Waals surface area contributed by atoms with Crippen molar-refractivity contribution in [3.8, 4) is 0 Å². The number of hydrogen-bond donors (Lipinski definition) is 1. The molecule has 31 heavy (non-hydrogen) atoms. The molecule has 168 valence electrons. The van der Waals surface area contributed by atoms with Crippen molar-refractivity contribution in [2.75, 3.05) is 24.6 Å². The van der Waals surface area contributed by atoms with Crippen LogP contribution in [0.1, 0.15) is 42.7 Å². The fourth-order valence-electron chi connectivity index (χ4n) is 3.06. The molecule has 2 aromatic rings. The van der Waals surface area contributed by atoms with Crippen LogP contribution in [-0.4, -0.2) is 51.1 Å². The number of benzene rings is 1. The van der Waals surface area contributed by atoms with E-state index in [4.69, 9.17) is 9.47 Å². The second kappa shape index (κ2) is 10.3. The Balaban J connectivity index is 1.55. The first-order valence-corrected chi connectivity index (χ1v) is 12.3. The lowest BCUT2D eigenvalue weighted by molar-refractivity contribution is -0.116. The Hall–Kier alpha value is -2.34. The number of thiazole rings is 1. The van der Waals surface area contributed by atoms with Crippen LogP contribution in [0.4, 0.5) is 5.13 Å². The molecule has 1 unspecified atom stereocenters. The van der Waals surface area contributed by atoms with E-state index in [1.54, 1.807) is 5.38 Å². The van der Waals surface area contributed by atoms with E-state index in [0.717, 1.165) is 12.8 Å². The van der Waals surface area contributed by atoms with E-state index >= 15 is 0 Å². The standard InChI is InChI=1S/C20H25N3O6S2/c1-3-23(14(2)24)20-22-16(13-30-20)12-29-19(25)15-6-8-18(9-7-15)31(26,27)21-11-17-5-4-10-28-17/h6-9,13,17,21H,3-5,10-12H2,1-2H3. The van der Waals surface area contributed by atoms with E-state index in [0.29, 0.717) is 24.0 Å². The Labute approximate surface area is 185 Å². The van der Waals surface area contributed by atoms with E-state index in [1.165, 1.54) is 47.4 Å². The Morgan fingerprint density at radius 1 is 1.32 bits per heavy atom. The van der Waals surface area contributed by atoms with E-state index < -0.39 is 16.0 Å². The first kappa shape index (κ1) is 23.3. The molecule has 1 aromatic carbocycles. The number of amides is 1. The number of esters is 1. The number of nitrogens with zero attached hydrogens (tertiary/aromatic N) is 2. The van der Waals surface area contributed by atoms with Crippen molar-refractivity contribution >= 4 is 38.4 Å². The second-order valence-electron chi connectivity index (χ2n) is 6.97. The van der Waals surface area contributed by atoms with Crippen LogP contribution in [0.25, 0.3) is 0 Å². The van der Waals surface area contributed by atoms with Gasteiger partial charge in [-0.15, -0.1) is 11.3 Å². The topological polar surface area (TPSA) is 115 Å². The van der Waals surface area contributed by atoms with Crippen LogP contribution in [0, 0.1) is 0 Å². The molecule has 11 heteroatoms. The average molecular weight is 468 g/mol. The van der Waals surface area contributed by atoms with Gasteiger partial charge in [0.25, 0.3) is 0 Å². The van der Waals surface area contributed by atoms with E-state index in [1.807, 2.05) is 6.92 Å². The van der Waals surface area contributed by atoms with Crippen molar-refractivity contribution in [2.24, 2.45) is 0 Å². The number of nitrogens with one attached hydrogen (secondary N) is 1. The van der Waals surface area contributed by atoms with Crippen molar-refractivity contribution in [2.45, 2.75) is 44.3 Å². The number of carbonyl (C=O) groups is 2. The van der Waals surface area contributed by atoms with Gasteiger partial charge in [-0.25, -0.2) is 22.9 Å². The second-order valence-corrected chi connectivity index (χ2v) is 9.58. The highest BCUT2D eigenvalue weighted by Gasteiger charge is 2.21. The Bertz CT molecular complexity index is 1010. The Morgan fingerprint density at radius 2 is 2.06 bits per heavy atom. The van der Waals surface area contributed by atoms with Crippen molar-refractivity contribution in [3.63, 3.8) is 0 Å². The van der Waals surface area contributed by atoms with Gasteiger partial charge < -0.3 is 9.47 Å². The van der Waals surface area contributed by atoms with Crippen molar-refractivity contribution in [3.05, 3.63) is 40.9 Å². The maximum atomic E-state index is 12.4. The van der Waals surface area contributed by atoms with E-state index in [2.05, 4.69) is 9.71 Å². The number of aromatic nitrogens is 1. The molecular weight excluding hydrogens is 442 g/mol. The van der Waals surface area contributed by atoms with Gasteiger partial charge in [0.05, 0.1) is 22.3 Å². The lowest BCUT2D eigenvalue weighted by Crippen LogP contribution is -2.31. The molecule has 1 atom stereocenters.